The summed E-state index contributed by atoms with van der Waals surface area (Å²) in [4.78, 5) is 24.0. The molecule has 32 heavy (non-hydrogen) atoms. The lowest BCUT2D eigenvalue weighted by Gasteiger charge is -2.26. The Morgan fingerprint density at radius 2 is 2.00 bits per heavy atom. The molecule has 0 radical (unpaired) electrons. The van der Waals surface area contributed by atoms with Gasteiger partial charge in [0.05, 0.1) is 31.0 Å². The molecule has 7 nitrogen and oxygen atoms in total. The number of amides is 1. The number of carbonyl (C=O) groups is 1. The normalized spacial score (nSPS) is 18.2. The molecule has 1 atom stereocenters. The molecular formula is C23H24Cl2N4O3. The monoisotopic (exact) mass is 474 g/mol. The number of hydrogen-bond acceptors (Lipinski definition) is 6. The zero-order valence-electron chi connectivity index (χ0n) is 17.4. The Labute approximate surface area is 197 Å². The van der Waals surface area contributed by atoms with Crippen molar-refractivity contribution in [2.75, 3.05) is 44.8 Å². The average molecular weight is 475 g/mol. The molecule has 0 saturated carbocycles. The molecule has 3 heterocycles. The van der Waals surface area contributed by atoms with E-state index in [1.807, 2.05) is 24.3 Å². The largest absolute Gasteiger partial charge is 0.493 e. The molecule has 2 aromatic carbocycles. The molecule has 168 valence electrons. The van der Waals surface area contributed by atoms with Crippen LogP contribution in [0.3, 0.4) is 0 Å². The van der Waals surface area contributed by atoms with Gasteiger partial charge < -0.3 is 14.8 Å². The molecule has 9 heteroatoms. The van der Waals surface area contributed by atoms with E-state index >= 15 is 0 Å². The highest BCUT2D eigenvalue weighted by Crippen LogP contribution is 2.40. The predicted octanol–water partition coefficient (Wildman–Crippen LogP) is 3.89. The first-order chi connectivity index (χ1) is 15.2. The Morgan fingerprint density at radius 3 is 2.84 bits per heavy atom. The number of hydrogen-bond donors (Lipinski definition) is 1. The van der Waals surface area contributed by atoms with Crippen LogP contribution in [0.5, 0.6) is 5.75 Å². The number of morpholine rings is 1. The zero-order chi connectivity index (χ0) is 21.2. The van der Waals surface area contributed by atoms with Crippen molar-refractivity contribution >= 4 is 46.5 Å². The standard InChI is InChI=1S/C23H23ClN4O3.ClH/c24-15-2-4-17-20(12-15)27-23(29)21(17)22-18-5-3-16(13-19(18)25-14-26-22)31-9-1-6-28-7-10-30-11-8-28;/h2-5,12-14,21H,1,6-11H2,(H,27,29);1H. The van der Waals surface area contributed by atoms with Crippen molar-refractivity contribution in [1.82, 2.24) is 14.9 Å². The zero-order valence-corrected chi connectivity index (χ0v) is 19.0. The van der Waals surface area contributed by atoms with Gasteiger partial charge in [0, 0.05) is 41.8 Å². The number of anilines is 1. The Hall–Kier alpha value is -2.45. The minimum atomic E-state index is -0.488. The van der Waals surface area contributed by atoms with E-state index in [4.69, 9.17) is 21.1 Å². The van der Waals surface area contributed by atoms with Gasteiger partial charge in [-0.15, -0.1) is 12.4 Å². The number of halogens is 2. The van der Waals surface area contributed by atoms with Gasteiger partial charge in [0.2, 0.25) is 5.91 Å². The first kappa shape index (κ1) is 22.7. The molecule has 2 aliphatic rings. The molecule has 0 spiro atoms. The third-order valence-electron chi connectivity index (χ3n) is 5.75. The first-order valence-electron chi connectivity index (χ1n) is 10.5. The van der Waals surface area contributed by atoms with Gasteiger partial charge in [-0.1, -0.05) is 17.7 Å². The van der Waals surface area contributed by atoms with E-state index in [1.54, 1.807) is 12.1 Å². The molecule has 1 N–H and O–H groups in total. The summed E-state index contributed by atoms with van der Waals surface area (Å²) in [5, 5.41) is 4.33. The van der Waals surface area contributed by atoms with Crippen molar-refractivity contribution < 1.29 is 14.3 Å². The van der Waals surface area contributed by atoms with Gasteiger partial charge in [0.15, 0.2) is 0 Å². The van der Waals surface area contributed by atoms with Crippen LogP contribution in [-0.2, 0) is 9.53 Å². The van der Waals surface area contributed by atoms with Gasteiger partial charge in [0.25, 0.3) is 0 Å². The van der Waals surface area contributed by atoms with Crippen molar-refractivity contribution in [3.8, 4) is 5.75 Å². The minimum absolute atomic E-state index is 0. The third-order valence-corrected chi connectivity index (χ3v) is 5.98. The maximum atomic E-state index is 12.7. The lowest BCUT2D eigenvalue weighted by Crippen LogP contribution is -2.37. The SMILES string of the molecule is Cl.O=C1Nc2cc(Cl)ccc2C1c1ncnc2cc(OCCCN3CCOCC3)ccc12. The Kier molecular flexibility index (Phi) is 7.10. The van der Waals surface area contributed by atoms with E-state index in [0.717, 1.165) is 67.2 Å². The van der Waals surface area contributed by atoms with Gasteiger partial charge in [-0.25, -0.2) is 9.97 Å². The van der Waals surface area contributed by atoms with Crippen molar-refractivity contribution in [2.45, 2.75) is 12.3 Å². The average Bonchev–Trinajstić information content (AvgIpc) is 3.11. The van der Waals surface area contributed by atoms with Crippen LogP contribution in [0.15, 0.2) is 42.7 Å². The van der Waals surface area contributed by atoms with Crippen molar-refractivity contribution in [3.63, 3.8) is 0 Å². The number of aromatic nitrogens is 2. The molecular weight excluding hydrogens is 451 g/mol. The number of nitrogens with zero attached hydrogens (tertiary/aromatic N) is 3. The van der Waals surface area contributed by atoms with Gasteiger partial charge >= 0.3 is 0 Å². The van der Waals surface area contributed by atoms with Gasteiger partial charge in [-0.05, 0) is 36.2 Å². The topological polar surface area (TPSA) is 76.6 Å². The van der Waals surface area contributed by atoms with E-state index in [-0.39, 0.29) is 18.3 Å². The quantitative estimate of drug-likeness (QED) is 0.546. The molecule has 3 aromatic rings. The molecule has 5 rings (SSSR count). The summed E-state index contributed by atoms with van der Waals surface area (Å²) < 4.78 is 11.3. The molecule has 0 aliphatic carbocycles. The van der Waals surface area contributed by atoms with E-state index in [0.29, 0.717) is 17.3 Å². The van der Waals surface area contributed by atoms with Gasteiger partial charge in [0.1, 0.15) is 18.0 Å². The summed E-state index contributed by atoms with van der Waals surface area (Å²) in [6.45, 7) is 5.23. The Morgan fingerprint density at radius 1 is 1.16 bits per heavy atom. The van der Waals surface area contributed by atoms with Gasteiger partial charge in [-0.3, -0.25) is 9.69 Å². The molecule has 1 aromatic heterocycles. The fourth-order valence-electron chi connectivity index (χ4n) is 4.19. The molecule has 1 amide bonds. The van der Waals surface area contributed by atoms with Crippen LogP contribution in [0.1, 0.15) is 23.6 Å². The van der Waals surface area contributed by atoms with E-state index in [9.17, 15) is 4.79 Å². The van der Waals surface area contributed by atoms with Crippen LogP contribution < -0.4 is 10.1 Å². The maximum absolute atomic E-state index is 12.7. The highest BCUT2D eigenvalue weighted by Gasteiger charge is 2.34. The van der Waals surface area contributed by atoms with Crippen LogP contribution in [0, 0.1) is 0 Å². The number of fused-ring (bicyclic) bond motifs is 2. The summed E-state index contributed by atoms with van der Waals surface area (Å²) in [6.07, 6.45) is 2.45. The summed E-state index contributed by atoms with van der Waals surface area (Å²) in [5.41, 5.74) is 3.04. The minimum Gasteiger partial charge on any atom is -0.493 e. The fraction of sp³-hybridized carbons (Fsp3) is 0.348. The van der Waals surface area contributed by atoms with Crippen LogP contribution in [0.25, 0.3) is 10.9 Å². The lowest BCUT2D eigenvalue weighted by atomic mass is 9.94. The van der Waals surface area contributed by atoms with Crippen LogP contribution in [-0.4, -0.2) is 60.2 Å². The summed E-state index contributed by atoms with van der Waals surface area (Å²) in [5.74, 6) is 0.168. The molecule has 1 fully saturated rings. The number of ether oxygens (including phenoxy) is 2. The summed E-state index contributed by atoms with van der Waals surface area (Å²) >= 11 is 6.07. The Balaban J connectivity index is 0.00000245. The Bertz CT molecular complexity index is 1120. The number of rotatable bonds is 6. The van der Waals surface area contributed by atoms with Crippen LogP contribution >= 0.6 is 24.0 Å². The molecule has 1 saturated heterocycles. The second-order valence-electron chi connectivity index (χ2n) is 7.75. The summed E-state index contributed by atoms with van der Waals surface area (Å²) in [7, 11) is 0. The fourth-order valence-corrected chi connectivity index (χ4v) is 4.36. The van der Waals surface area contributed by atoms with Gasteiger partial charge in [-0.2, -0.15) is 0 Å². The number of nitrogens with one attached hydrogen (secondary N) is 1. The second-order valence-corrected chi connectivity index (χ2v) is 8.18. The number of benzene rings is 2. The van der Waals surface area contributed by atoms with E-state index < -0.39 is 5.92 Å². The van der Waals surface area contributed by atoms with Crippen molar-refractivity contribution in [2.24, 2.45) is 0 Å². The van der Waals surface area contributed by atoms with Crippen LogP contribution in [0.2, 0.25) is 5.02 Å². The van der Waals surface area contributed by atoms with Crippen molar-refractivity contribution in [1.29, 1.82) is 0 Å². The lowest BCUT2D eigenvalue weighted by molar-refractivity contribution is -0.116. The van der Waals surface area contributed by atoms with Crippen LogP contribution in [0.4, 0.5) is 5.69 Å². The third kappa shape index (κ3) is 4.66. The molecule has 0 bridgehead atoms. The van der Waals surface area contributed by atoms with E-state index in [2.05, 4.69) is 20.2 Å². The highest BCUT2D eigenvalue weighted by molar-refractivity contribution is 6.31. The molecule has 1 unspecified atom stereocenters. The first-order valence-corrected chi connectivity index (χ1v) is 10.8. The highest BCUT2D eigenvalue weighted by atomic mass is 35.5. The molecule has 2 aliphatic heterocycles. The second kappa shape index (κ2) is 10.0. The summed E-state index contributed by atoms with van der Waals surface area (Å²) in [6, 6.07) is 11.2. The maximum Gasteiger partial charge on any atom is 0.238 e. The van der Waals surface area contributed by atoms with Crippen molar-refractivity contribution in [3.05, 3.63) is 59.0 Å². The smallest absolute Gasteiger partial charge is 0.238 e. The predicted molar refractivity (Wildman–Crippen MR) is 126 cm³/mol. The number of carbonyl (C=O) groups excluding carboxylic acids is 1. The van der Waals surface area contributed by atoms with E-state index in [1.165, 1.54) is 6.33 Å².